The molecule has 0 aliphatic rings. The van der Waals surface area contributed by atoms with E-state index in [1.807, 2.05) is 6.92 Å². The van der Waals surface area contributed by atoms with Crippen LogP contribution in [-0.4, -0.2) is 23.7 Å². The molecule has 1 aromatic rings. The minimum atomic E-state index is -1.59. The van der Waals surface area contributed by atoms with E-state index in [4.69, 9.17) is 44.1 Å². The molecule has 1 unspecified atom stereocenters. The van der Waals surface area contributed by atoms with Gasteiger partial charge in [0.1, 0.15) is 12.2 Å². The monoisotopic (exact) mass is 350 g/mol. The molecule has 0 saturated carbocycles. The number of primary amides is 1. The molecular formula is C14H20Cl2N2O4. The molecule has 5 N–H and O–H groups in total. The Labute approximate surface area is 139 Å². The predicted octanol–water partition coefficient (Wildman–Crippen LogP) is 2.94. The molecule has 0 spiro atoms. The van der Waals surface area contributed by atoms with Crippen LogP contribution in [-0.2, 0) is 9.47 Å². The summed E-state index contributed by atoms with van der Waals surface area (Å²) in [7, 11) is 0. The van der Waals surface area contributed by atoms with Crippen LogP contribution in [0.4, 0.5) is 4.79 Å². The van der Waals surface area contributed by atoms with Crippen molar-refractivity contribution in [1.29, 1.82) is 0 Å². The maximum Gasteiger partial charge on any atom is 0.404 e. The lowest BCUT2D eigenvalue weighted by Gasteiger charge is -2.29. The van der Waals surface area contributed by atoms with Gasteiger partial charge in [0, 0.05) is 15.6 Å². The number of aliphatic hydroxyl groups is 1. The molecule has 6 nitrogen and oxygen atoms in total. The Balaban J connectivity index is 3.19. The zero-order chi connectivity index (χ0) is 16.7. The third kappa shape index (κ3) is 5.62. The summed E-state index contributed by atoms with van der Waals surface area (Å²) in [6, 6.07) is 4.90. The molecule has 22 heavy (non-hydrogen) atoms. The highest BCUT2D eigenvalue weighted by atomic mass is 35.5. The number of hydrogen-bond donors (Lipinski definition) is 3. The number of carbonyl (C=O) groups is 1. The fraction of sp³-hybridized carbons (Fsp3) is 0.500. The van der Waals surface area contributed by atoms with Crippen LogP contribution in [0.2, 0.25) is 10.0 Å². The van der Waals surface area contributed by atoms with Crippen LogP contribution >= 0.6 is 23.2 Å². The van der Waals surface area contributed by atoms with Gasteiger partial charge in [-0.1, -0.05) is 42.6 Å². The lowest BCUT2D eigenvalue weighted by atomic mass is 9.99. The third-order valence-electron chi connectivity index (χ3n) is 3.02. The minimum absolute atomic E-state index is 0.313. The first-order valence-electron chi connectivity index (χ1n) is 6.85. The summed E-state index contributed by atoms with van der Waals surface area (Å²) in [5.41, 5.74) is 10.8. The normalized spacial score (nSPS) is 15.1. The molecule has 3 atom stereocenters. The Morgan fingerprint density at radius 3 is 2.41 bits per heavy atom. The molecule has 1 aromatic carbocycles. The first-order valence-corrected chi connectivity index (χ1v) is 7.61. The summed E-state index contributed by atoms with van der Waals surface area (Å²) in [4.78, 5) is 11.1. The van der Waals surface area contributed by atoms with Crippen molar-refractivity contribution in [2.24, 2.45) is 11.5 Å². The van der Waals surface area contributed by atoms with E-state index in [9.17, 15) is 9.90 Å². The number of halogens is 2. The Morgan fingerprint density at radius 1 is 1.36 bits per heavy atom. The van der Waals surface area contributed by atoms with Gasteiger partial charge in [0.2, 0.25) is 6.41 Å². The minimum Gasteiger partial charge on any atom is -0.443 e. The van der Waals surface area contributed by atoms with Gasteiger partial charge in [0.15, 0.2) is 0 Å². The largest absolute Gasteiger partial charge is 0.443 e. The Kier molecular flexibility index (Phi) is 7.92. The van der Waals surface area contributed by atoms with Crippen LogP contribution in [0.1, 0.15) is 37.9 Å². The van der Waals surface area contributed by atoms with Crippen LogP contribution in [0, 0.1) is 0 Å². The number of aliphatic hydroxyl groups excluding tert-OH is 1. The Hall–Kier alpha value is -1.05. The molecule has 124 valence electrons. The van der Waals surface area contributed by atoms with Crippen LogP contribution in [0.3, 0.4) is 0 Å². The average molecular weight is 351 g/mol. The molecule has 0 heterocycles. The summed E-state index contributed by atoms with van der Waals surface area (Å²) < 4.78 is 10.4. The zero-order valence-electron chi connectivity index (χ0n) is 12.2. The van der Waals surface area contributed by atoms with E-state index in [1.54, 1.807) is 18.2 Å². The van der Waals surface area contributed by atoms with Crippen molar-refractivity contribution < 1.29 is 19.4 Å². The van der Waals surface area contributed by atoms with Gasteiger partial charge in [0.25, 0.3) is 0 Å². The van der Waals surface area contributed by atoms with E-state index in [-0.39, 0.29) is 0 Å². The van der Waals surface area contributed by atoms with Crippen molar-refractivity contribution in [3.05, 3.63) is 33.8 Å². The second-order valence-corrected chi connectivity index (χ2v) is 5.51. The lowest BCUT2D eigenvalue weighted by Crippen LogP contribution is -2.35. The van der Waals surface area contributed by atoms with Gasteiger partial charge < -0.3 is 20.3 Å². The Morgan fingerprint density at radius 2 is 1.95 bits per heavy atom. The Bertz CT molecular complexity index is 479. The maximum atomic E-state index is 11.1. The number of amides is 1. The van der Waals surface area contributed by atoms with Gasteiger partial charge in [-0.05, 0) is 25.0 Å². The van der Waals surface area contributed by atoms with Crippen molar-refractivity contribution in [1.82, 2.24) is 0 Å². The lowest BCUT2D eigenvalue weighted by molar-refractivity contribution is -0.165. The molecule has 0 fully saturated rings. The summed E-state index contributed by atoms with van der Waals surface area (Å²) in [6.07, 6.45) is -2.17. The van der Waals surface area contributed by atoms with Crippen molar-refractivity contribution in [2.75, 3.05) is 0 Å². The summed E-state index contributed by atoms with van der Waals surface area (Å²) in [5, 5.41) is 10.00. The summed E-state index contributed by atoms with van der Waals surface area (Å²) in [6.45, 7) is 1.98. The molecule has 0 aliphatic heterocycles. The number of hydrogen-bond acceptors (Lipinski definition) is 5. The van der Waals surface area contributed by atoms with Gasteiger partial charge in [-0.25, -0.2) is 4.79 Å². The smallest absolute Gasteiger partial charge is 0.404 e. The first kappa shape index (κ1) is 19.0. The maximum absolute atomic E-state index is 11.1. The molecule has 1 rings (SSSR count). The van der Waals surface area contributed by atoms with Crippen molar-refractivity contribution in [3.63, 3.8) is 0 Å². The van der Waals surface area contributed by atoms with Crippen molar-refractivity contribution in [3.8, 4) is 0 Å². The molecular weight excluding hydrogens is 331 g/mol. The van der Waals surface area contributed by atoms with Gasteiger partial charge >= 0.3 is 6.09 Å². The second-order valence-electron chi connectivity index (χ2n) is 4.70. The van der Waals surface area contributed by atoms with Crippen LogP contribution < -0.4 is 11.5 Å². The van der Waals surface area contributed by atoms with Crippen LogP contribution in [0.15, 0.2) is 18.2 Å². The fourth-order valence-electron chi connectivity index (χ4n) is 2.10. The fourth-order valence-corrected chi connectivity index (χ4v) is 2.71. The van der Waals surface area contributed by atoms with E-state index in [0.717, 1.165) is 12.8 Å². The number of ether oxygens (including phenoxy) is 2. The third-order valence-corrected chi connectivity index (χ3v) is 3.68. The standard InChI is InChI=1S/C14H20Cl2N2O4/c1-2-3-7-10(21-13(17)19)12(22-14(18)20)11-8(15)5-4-6-9(11)16/h4-6,10,12,14,20H,2-3,7,18H2,1H3,(H2,17,19)/t10-,12+,14?/m0/s1. The molecule has 0 aromatic heterocycles. The SMILES string of the molecule is CCCC[C@H](OC(N)=O)[C@@H](OC(N)O)c1c(Cl)cccc1Cl. The second kappa shape index (κ2) is 9.17. The van der Waals surface area contributed by atoms with Gasteiger partial charge in [-0.2, -0.15) is 0 Å². The zero-order valence-corrected chi connectivity index (χ0v) is 13.7. The topological polar surface area (TPSA) is 108 Å². The molecule has 1 amide bonds. The average Bonchev–Trinajstić information content (AvgIpc) is 2.41. The number of benzene rings is 1. The van der Waals surface area contributed by atoms with E-state index in [2.05, 4.69) is 0 Å². The van der Waals surface area contributed by atoms with E-state index < -0.39 is 24.7 Å². The van der Waals surface area contributed by atoms with E-state index in [0.29, 0.717) is 22.0 Å². The van der Waals surface area contributed by atoms with Crippen LogP contribution in [0.25, 0.3) is 0 Å². The first-order chi connectivity index (χ1) is 10.4. The van der Waals surface area contributed by atoms with Gasteiger partial charge in [0.05, 0.1) is 0 Å². The van der Waals surface area contributed by atoms with Crippen LogP contribution in [0.5, 0.6) is 0 Å². The molecule has 0 saturated heterocycles. The number of rotatable bonds is 8. The summed E-state index contributed by atoms with van der Waals surface area (Å²) >= 11 is 12.3. The highest BCUT2D eigenvalue weighted by Gasteiger charge is 2.31. The number of nitrogens with two attached hydrogens (primary N) is 2. The van der Waals surface area contributed by atoms with E-state index >= 15 is 0 Å². The predicted molar refractivity (Wildman–Crippen MR) is 84.5 cm³/mol. The van der Waals surface area contributed by atoms with Gasteiger partial charge in [-0.3, -0.25) is 5.73 Å². The highest BCUT2D eigenvalue weighted by Crippen LogP contribution is 2.37. The molecule has 8 heteroatoms. The molecule has 0 radical (unpaired) electrons. The summed E-state index contributed by atoms with van der Waals surface area (Å²) in [5.74, 6) is 0. The number of carbonyl (C=O) groups excluding carboxylic acids is 1. The van der Waals surface area contributed by atoms with E-state index in [1.165, 1.54) is 0 Å². The van der Waals surface area contributed by atoms with Gasteiger partial charge in [-0.15, -0.1) is 0 Å². The quantitative estimate of drug-likeness (QED) is 0.624. The molecule has 0 bridgehead atoms. The number of unbranched alkanes of at least 4 members (excludes halogenated alkanes) is 1. The van der Waals surface area contributed by atoms with Crippen molar-refractivity contribution >= 4 is 29.3 Å². The molecule has 0 aliphatic carbocycles. The highest BCUT2D eigenvalue weighted by molar-refractivity contribution is 6.36. The van der Waals surface area contributed by atoms with Crippen molar-refractivity contribution in [2.45, 2.75) is 44.8 Å².